The van der Waals surface area contributed by atoms with E-state index in [4.69, 9.17) is 13.9 Å². The third kappa shape index (κ3) is 5.84. The molecule has 1 aromatic heterocycles. The van der Waals surface area contributed by atoms with Crippen LogP contribution in [0.3, 0.4) is 0 Å². The number of carbonyl (C=O) groups excluding carboxylic acids is 3. The standard InChI is InChI=1S/C21H24N2O6/c1-27-17-6-4-15(5-7-17)8-9-22-19(24)14-29-21(26)16-11-20(25)23(12-16)13-18-3-2-10-28-18/h2-7,10,16H,8-9,11-14H2,1H3,(H,22,24)/t16-/m1/s1. The van der Waals surface area contributed by atoms with Crippen LogP contribution < -0.4 is 10.1 Å². The average Bonchev–Trinajstić information content (AvgIpc) is 3.37. The first-order chi connectivity index (χ1) is 14.0. The quantitative estimate of drug-likeness (QED) is 0.641. The van der Waals surface area contributed by atoms with Gasteiger partial charge in [0.1, 0.15) is 11.5 Å². The Kier molecular flexibility index (Phi) is 6.89. The summed E-state index contributed by atoms with van der Waals surface area (Å²) in [7, 11) is 1.61. The molecule has 29 heavy (non-hydrogen) atoms. The lowest BCUT2D eigenvalue weighted by atomic mass is 10.1. The van der Waals surface area contributed by atoms with Crippen LogP contribution in [0.5, 0.6) is 5.75 Å². The molecule has 1 saturated heterocycles. The first-order valence-electron chi connectivity index (χ1n) is 9.41. The summed E-state index contributed by atoms with van der Waals surface area (Å²) in [5, 5.41) is 2.72. The van der Waals surface area contributed by atoms with Gasteiger partial charge in [0.15, 0.2) is 6.61 Å². The van der Waals surface area contributed by atoms with Gasteiger partial charge in [-0.3, -0.25) is 14.4 Å². The van der Waals surface area contributed by atoms with Crippen molar-refractivity contribution in [2.75, 3.05) is 26.8 Å². The lowest BCUT2D eigenvalue weighted by Crippen LogP contribution is -2.32. The van der Waals surface area contributed by atoms with Gasteiger partial charge in [-0.15, -0.1) is 0 Å². The Bertz CT molecular complexity index is 831. The van der Waals surface area contributed by atoms with Crippen molar-refractivity contribution in [3.05, 3.63) is 54.0 Å². The molecular weight excluding hydrogens is 376 g/mol. The number of methoxy groups -OCH3 is 1. The summed E-state index contributed by atoms with van der Waals surface area (Å²) in [4.78, 5) is 37.7. The minimum absolute atomic E-state index is 0.0820. The molecule has 1 fully saturated rings. The Morgan fingerprint density at radius 1 is 1.24 bits per heavy atom. The van der Waals surface area contributed by atoms with Gasteiger partial charge in [-0.05, 0) is 36.2 Å². The van der Waals surface area contributed by atoms with Gasteiger partial charge in [-0.25, -0.2) is 0 Å². The molecule has 0 aliphatic carbocycles. The number of carbonyl (C=O) groups is 3. The van der Waals surface area contributed by atoms with Crippen LogP contribution in [0.25, 0.3) is 0 Å². The SMILES string of the molecule is COc1ccc(CCNC(=O)COC(=O)[C@@H]2CC(=O)N(Cc3ccco3)C2)cc1. The molecule has 1 N–H and O–H groups in total. The van der Waals surface area contributed by atoms with E-state index < -0.39 is 11.9 Å². The lowest BCUT2D eigenvalue weighted by Gasteiger charge is -2.14. The van der Waals surface area contributed by atoms with Crippen molar-refractivity contribution in [1.82, 2.24) is 10.2 Å². The van der Waals surface area contributed by atoms with Gasteiger partial charge in [0.05, 0.1) is 25.8 Å². The summed E-state index contributed by atoms with van der Waals surface area (Å²) in [6, 6.07) is 11.1. The molecule has 3 rings (SSSR count). The molecule has 8 heteroatoms. The highest BCUT2D eigenvalue weighted by Gasteiger charge is 2.35. The first-order valence-corrected chi connectivity index (χ1v) is 9.41. The summed E-state index contributed by atoms with van der Waals surface area (Å²) in [6.07, 6.45) is 2.27. The molecule has 0 unspecified atom stereocenters. The lowest BCUT2D eigenvalue weighted by molar-refractivity contribution is -0.152. The fraction of sp³-hybridized carbons (Fsp3) is 0.381. The number of ether oxygens (including phenoxy) is 2. The third-order valence-corrected chi connectivity index (χ3v) is 4.72. The predicted octanol–water partition coefficient (Wildman–Crippen LogP) is 1.54. The van der Waals surface area contributed by atoms with Crippen molar-refractivity contribution in [3.8, 4) is 5.75 Å². The van der Waals surface area contributed by atoms with Gasteiger partial charge in [-0.1, -0.05) is 12.1 Å². The minimum atomic E-state index is -0.565. The minimum Gasteiger partial charge on any atom is -0.497 e. The highest BCUT2D eigenvalue weighted by Crippen LogP contribution is 2.21. The molecule has 0 bridgehead atoms. The summed E-state index contributed by atoms with van der Waals surface area (Å²) < 4.78 is 15.4. The maximum absolute atomic E-state index is 12.2. The molecule has 8 nitrogen and oxygen atoms in total. The van der Waals surface area contributed by atoms with Gasteiger partial charge in [0, 0.05) is 19.5 Å². The van der Waals surface area contributed by atoms with E-state index in [2.05, 4.69) is 5.32 Å². The highest BCUT2D eigenvalue weighted by atomic mass is 16.5. The molecule has 1 aliphatic heterocycles. The maximum atomic E-state index is 12.2. The molecule has 1 aliphatic rings. The smallest absolute Gasteiger partial charge is 0.311 e. The van der Waals surface area contributed by atoms with Crippen molar-refractivity contribution in [3.63, 3.8) is 0 Å². The largest absolute Gasteiger partial charge is 0.497 e. The van der Waals surface area contributed by atoms with Crippen LogP contribution in [0.2, 0.25) is 0 Å². The number of amides is 2. The summed E-state index contributed by atoms with van der Waals surface area (Å²) >= 11 is 0. The van der Waals surface area contributed by atoms with Crippen molar-refractivity contribution >= 4 is 17.8 Å². The second kappa shape index (κ2) is 9.77. The van der Waals surface area contributed by atoms with Crippen LogP contribution in [0.1, 0.15) is 17.7 Å². The zero-order valence-corrected chi connectivity index (χ0v) is 16.3. The molecule has 2 aromatic rings. The van der Waals surface area contributed by atoms with Gasteiger partial charge >= 0.3 is 5.97 Å². The molecule has 1 atom stereocenters. The number of benzene rings is 1. The Hall–Kier alpha value is -3.29. The molecule has 1 aromatic carbocycles. The number of nitrogens with one attached hydrogen (secondary N) is 1. The van der Waals surface area contributed by atoms with E-state index in [1.807, 2.05) is 24.3 Å². The fourth-order valence-electron chi connectivity index (χ4n) is 3.12. The van der Waals surface area contributed by atoms with E-state index >= 15 is 0 Å². The number of hydrogen-bond acceptors (Lipinski definition) is 6. The van der Waals surface area contributed by atoms with E-state index in [9.17, 15) is 14.4 Å². The van der Waals surface area contributed by atoms with Crippen LogP contribution >= 0.6 is 0 Å². The second-order valence-corrected chi connectivity index (χ2v) is 6.81. The normalized spacial score (nSPS) is 16.0. The van der Waals surface area contributed by atoms with Gasteiger partial charge in [-0.2, -0.15) is 0 Å². The zero-order chi connectivity index (χ0) is 20.6. The van der Waals surface area contributed by atoms with Gasteiger partial charge in [0.25, 0.3) is 5.91 Å². The maximum Gasteiger partial charge on any atom is 0.311 e. The van der Waals surface area contributed by atoms with Crippen LogP contribution in [0.4, 0.5) is 0 Å². The number of likely N-dealkylation sites (tertiary alicyclic amines) is 1. The van der Waals surface area contributed by atoms with E-state index in [1.54, 1.807) is 24.1 Å². The topological polar surface area (TPSA) is 98.1 Å². The molecular formula is C21H24N2O6. The first kappa shape index (κ1) is 20.4. The van der Waals surface area contributed by atoms with E-state index in [0.717, 1.165) is 11.3 Å². The Balaban J connectivity index is 1.35. The molecule has 2 heterocycles. The fourth-order valence-corrected chi connectivity index (χ4v) is 3.12. The van der Waals surface area contributed by atoms with Crippen LogP contribution in [0, 0.1) is 5.92 Å². The highest BCUT2D eigenvalue weighted by molar-refractivity contribution is 5.88. The van der Waals surface area contributed by atoms with Crippen LogP contribution in [-0.2, 0) is 32.1 Å². The van der Waals surface area contributed by atoms with Crippen LogP contribution in [0.15, 0.2) is 47.1 Å². The molecule has 154 valence electrons. The van der Waals surface area contributed by atoms with Crippen molar-refractivity contribution < 1.29 is 28.3 Å². The number of hydrogen-bond donors (Lipinski definition) is 1. The Labute approximate surface area is 168 Å². The Morgan fingerprint density at radius 3 is 2.72 bits per heavy atom. The number of esters is 1. The van der Waals surface area contributed by atoms with Crippen LogP contribution in [-0.4, -0.2) is 49.5 Å². The van der Waals surface area contributed by atoms with E-state index in [0.29, 0.717) is 25.3 Å². The van der Waals surface area contributed by atoms with Crippen molar-refractivity contribution in [1.29, 1.82) is 0 Å². The molecule has 2 amide bonds. The number of nitrogens with zero attached hydrogens (tertiary/aromatic N) is 1. The van der Waals surface area contributed by atoms with Gasteiger partial charge in [0.2, 0.25) is 5.91 Å². The monoisotopic (exact) mass is 400 g/mol. The zero-order valence-electron chi connectivity index (χ0n) is 16.3. The van der Waals surface area contributed by atoms with Crippen molar-refractivity contribution in [2.24, 2.45) is 5.92 Å². The number of rotatable bonds is 9. The molecule has 0 spiro atoms. The predicted molar refractivity (Wildman–Crippen MR) is 103 cm³/mol. The summed E-state index contributed by atoms with van der Waals surface area (Å²) in [6.45, 7) is 0.658. The third-order valence-electron chi connectivity index (χ3n) is 4.72. The summed E-state index contributed by atoms with van der Waals surface area (Å²) in [5.74, 6) is -0.174. The van der Waals surface area contributed by atoms with E-state index in [1.165, 1.54) is 6.26 Å². The summed E-state index contributed by atoms with van der Waals surface area (Å²) in [5.41, 5.74) is 1.06. The van der Waals surface area contributed by atoms with Crippen molar-refractivity contribution in [2.45, 2.75) is 19.4 Å². The molecule has 0 radical (unpaired) electrons. The Morgan fingerprint density at radius 2 is 2.03 bits per heavy atom. The molecule has 0 saturated carbocycles. The van der Waals surface area contributed by atoms with E-state index in [-0.39, 0.29) is 31.4 Å². The number of furan rings is 1. The average molecular weight is 400 g/mol. The van der Waals surface area contributed by atoms with Gasteiger partial charge < -0.3 is 24.1 Å². The second-order valence-electron chi connectivity index (χ2n) is 6.81.